The third kappa shape index (κ3) is 3.13. The highest BCUT2D eigenvalue weighted by atomic mass is 19.1. The number of halogens is 1. The largest absolute Gasteiger partial charge is 0.494 e. The molecule has 0 saturated carbocycles. The molecule has 134 valence electrons. The Morgan fingerprint density at radius 3 is 2.67 bits per heavy atom. The average molecular weight is 361 g/mol. The van der Waals surface area contributed by atoms with Crippen LogP contribution in [0.5, 0.6) is 5.75 Å². The molecule has 0 atom stereocenters. The van der Waals surface area contributed by atoms with Crippen molar-refractivity contribution in [3.63, 3.8) is 0 Å². The number of fused-ring (bicyclic) bond motifs is 1. The summed E-state index contributed by atoms with van der Waals surface area (Å²) >= 11 is 0. The van der Waals surface area contributed by atoms with Gasteiger partial charge in [0.1, 0.15) is 0 Å². The molecule has 0 fully saturated rings. The maximum Gasteiger partial charge on any atom is 0.256 e. The molecule has 0 spiro atoms. The van der Waals surface area contributed by atoms with Gasteiger partial charge in [-0.2, -0.15) is 5.10 Å². The van der Waals surface area contributed by atoms with Gasteiger partial charge in [0, 0.05) is 16.5 Å². The van der Waals surface area contributed by atoms with Crippen molar-refractivity contribution in [3.05, 3.63) is 78.1 Å². The van der Waals surface area contributed by atoms with Gasteiger partial charge in [-0.05, 0) is 35.9 Å². The highest BCUT2D eigenvalue weighted by Crippen LogP contribution is 2.32. The Balaban J connectivity index is 1.67. The van der Waals surface area contributed by atoms with E-state index in [9.17, 15) is 9.18 Å². The zero-order valence-corrected chi connectivity index (χ0v) is 14.5. The van der Waals surface area contributed by atoms with Crippen LogP contribution in [-0.4, -0.2) is 23.2 Å². The molecule has 0 aliphatic carbocycles. The molecule has 4 aromatic rings. The number of carbonyl (C=O) groups is 1. The maximum atomic E-state index is 14.5. The zero-order valence-electron chi connectivity index (χ0n) is 14.5. The van der Waals surface area contributed by atoms with Crippen molar-refractivity contribution in [3.8, 4) is 16.9 Å². The third-order valence-corrected chi connectivity index (χ3v) is 4.32. The van der Waals surface area contributed by atoms with Crippen LogP contribution in [0.1, 0.15) is 10.4 Å². The van der Waals surface area contributed by atoms with E-state index in [0.717, 1.165) is 5.39 Å². The molecule has 0 bridgehead atoms. The molecule has 0 saturated heterocycles. The van der Waals surface area contributed by atoms with Gasteiger partial charge < -0.3 is 10.1 Å². The van der Waals surface area contributed by atoms with Crippen molar-refractivity contribution in [2.45, 2.75) is 0 Å². The number of amides is 1. The monoisotopic (exact) mass is 361 g/mol. The first-order chi connectivity index (χ1) is 13.2. The maximum absolute atomic E-state index is 14.5. The Labute approximate surface area is 154 Å². The number of benzene rings is 3. The second kappa shape index (κ2) is 6.92. The number of hydrogen-bond acceptors (Lipinski definition) is 3. The minimum Gasteiger partial charge on any atom is -0.494 e. The fourth-order valence-electron chi connectivity index (χ4n) is 2.94. The van der Waals surface area contributed by atoms with Crippen LogP contribution in [0, 0.1) is 5.82 Å². The summed E-state index contributed by atoms with van der Waals surface area (Å²) in [4.78, 5) is 12.3. The first kappa shape index (κ1) is 16.8. The van der Waals surface area contributed by atoms with Gasteiger partial charge in [0.15, 0.2) is 17.4 Å². The van der Waals surface area contributed by atoms with Gasteiger partial charge in [0.25, 0.3) is 5.91 Å². The first-order valence-corrected chi connectivity index (χ1v) is 8.35. The lowest BCUT2D eigenvalue weighted by Crippen LogP contribution is -2.12. The first-order valence-electron chi connectivity index (χ1n) is 8.35. The van der Waals surface area contributed by atoms with E-state index in [4.69, 9.17) is 4.74 Å². The van der Waals surface area contributed by atoms with Crippen LogP contribution in [0.2, 0.25) is 0 Å². The normalized spacial score (nSPS) is 10.7. The fourth-order valence-corrected chi connectivity index (χ4v) is 2.94. The van der Waals surface area contributed by atoms with E-state index in [-0.39, 0.29) is 11.7 Å². The molecule has 3 aromatic carbocycles. The summed E-state index contributed by atoms with van der Waals surface area (Å²) in [5, 5.41) is 10.6. The predicted molar refractivity (Wildman–Crippen MR) is 102 cm³/mol. The van der Waals surface area contributed by atoms with Crippen LogP contribution in [0.3, 0.4) is 0 Å². The Kier molecular flexibility index (Phi) is 4.30. The number of nitrogens with zero attached hydrogens (tertiary/aromatic N) is 1. The van der Waals surface area contributed by atoms with Gasteiger partial charge >= 0.3 is 0 Å². The van der Waals surface area contributed by atoms with Gasteiger partial charge in [0.05, 0.1) is 12.6 Å². The zero-order chi connectivity index (χ0) is 18.8. The van der Waals surface area contributed by atoms with E-state index < -0.39 is 5.82 Å². The molecule has 0 aliphatic rings. The van der Waals surface area contributed by atoms with Crippen molar-refractivity contribution in [1.29, 1.82) is 0 Å². The quantitative estimate of drug-likeness (QED) is 0.557. The molecule has 6 heteroatoms. The van der Waals surface area contributed by atoms with Gasteiger partial charge in [-0.3, -0.25) is 9.89 Å². The lowest BCUT2D eigenvalue weighted by Gasteiger charge is -2.08. The minimum atomic E-state index is -0.420. The summed E-state index contributed by atoms with van der Waals surface area (Å²) < 4.78 is 19.6. The fraction of sp³-hybridized carbons (Fsp3) is 0.0476. The number of nitrogens with one attached hydrogen (secondary N) is 2. The van der Waals surface area contributed by atoms with Crippen LogP contribution < -0.4 is 10.1 Å². The third-order valence-electron chi connectivity index (χ3n) is 4.32. The average Bonchev–Trinajstić information content (AvgIpc) is 3.11. The van der Waals surface area contributed by atoms with Crippen molar-refractivity contribution >= 4 is 22.6 Å². The number of aromatic nitrogens is 2. The molecular weight excluding hydrogens is 345 g/mol. The Bertz CT molecular complexity index is 1120. The second-order valence-electron chi connectivity index (χ2n) is 5.97. The standard InChI is InChI=1S/C21H16FN3O2/c1-27-18-9-5-8-15(19(18)22)14-10-11-16-17(12-14)24-25-20(16)23-21(26)13-6-3-2-4-7-13/h2-12H,1H3,(H2,23,24,25,26). The highest BCUT2D eigenvalue weighted by molar-refractivity contribution is 6.08. The molecule has 1 heterocycles. The summed E-state index contributed by atoms with van der Waals surface area (Å²) in [6.07, 6.45) is 0. The number of carbonyl (C=O) groups excluding carboxylic acids is 1. The molecular formula is C21H16FN3O2. The highest BCUT2D eigenvalue weighted by Gasteiger charge is 2.14. The second-order valence-corrected chi connectivity index (χ2v) is 5.97. The van der Waals surface area contributed by atoms with E-state index in [0.29, 0.717) is 28.0 Å². The summed E-state index contributed by atoms with van der Waals surface area (Å²) in [6.45, 7) is 0. The SMILES string of the molecule is COc1cccc(-c2ccc3c(NC(=O)c4ccccc4)n[nH]c3c2)c1F. The van der Waals surface area contributed by atoms with Crippen molar-refractivity contribution in [2.24, 2.45) is 0 Å². The molecule has 27 heavy (non-hydrogen) atoms. The minimum absolute atomic E-state index is 0.188. The molecule has 1 aromatic heterocycles. The van der Waals surface area contributed by atoms with Crippen molar-refractivity contribution in [2.75, 3.05) is 12.4 Å². The number of H-pyrrole nitrogens is 1. The number of methoxy groups -OCH3 is 1. The summed E-state index contributed by atoms with van der Waals surface area (Å²) in [6, 6.07) is 19.3. The number of anilines is 1. The number of aromatic amines is 1. The van der Waals surface area contributed by atoms with Crippen LogP contribution >= 0.6 is 0 Å². The molecule has 0 radical (unpaired) electrons. The van der Waals surface area contributed by atoms with Gasteiger partial charge in [-0.25, -0.2) is 4.39 Å². The van der Waals surface area contributed by atoms with Crippen LogP contribution in [0.4, 0.5) is 10.2 Å². The molecule has 5 nitrogen and oxygen atoms in total. The van der Waals surface area contributed by atoms with Crippen LogP contribution in [0.25, 0.3) is 22.0 Å². The van der Waals surface area contributed by atoms with E-state index in [1.807, 2.05) is 6.07 Å². The summed E-state index contributed by atoms with van der Waals surface area (Å²) in [7, 11) is 1.43. The smallest absolute Gasteiger partial charge is 0.256 e. The molecule has 4 rings (SSSR count). The summed E-state index contributed by atoms with van der Waals surface area (Å²) in [5.74, 6) is -0.0482. The molecule has 0 aliphatic heterocycles. The molecule has 2 N–H and O–H groups in total. The summed E-state index contributed by atoms with van der Waals surface area (Å²) in [5.41, 5.74) is 2.35. The van der Waals surface area contributed by atoms with Gasteiger partial charge in [-0.1, -0.05) is 36.4 Å². The van der Waals surface area contributed by atoms with Crippen LogP contribution in [0.15, 0.2) is 66.7 Å². The van der Waals surface area contributed by atoms with Gasteiger partial charge in [-0.15, -0.1) is 0 Å². The Morgan fingerprint density at radius 1 is 1.07 bits per heavy atom. The van der Waals surface area contributed by atoms with E-state index in [1.54, 1.807) is 60.7 Å². The van der Waals surface area contributed by atoms with Crippen LogP contribution in [-0.2, 0) is 0 Å². The van der Waals surface area contributed by atoms with E-state index in [2.05, 4.69) is 15.5 Å². The lowest BCUT2D eigenvalue weighted by atomic mass is 10.0. The van der Waals surface area contributed by atoms with E-state index >= 15 is 0 Å². The van der Waals surface area contributed by atoms with Gasteiger partial charge in [0.2, 0.25) is 0 Å². The topological polar surface area (TPSA) is 67.0 Å². The van der Waals surface area contributed by atoms with E-state index in [1.165, 1.54) is 7.11 Å². The lowest BCUT2D eigenvalue weighted by molar-refractivity contribution is 0.102. The predicted octanol–water partition coefficient (Wildman–Crippen LogP) is 4.63. The van der Waals surface area contributed by atoms with Crippen molar-refractivity contribution < 1.29 is 13.9 Å². The number of hydrogen-bond donors (Lipinski definition) is 2. The van der Waals surface area contributed by atoms with Crippen molar-refractivity contribution in [1.82, 2.24) is 10.2 Å². The molecule has 1 amide bonds. The Morgan fingerprint density at radius 2 is 1.89 bits per heavy atom. The Hall–Kier alpha value is -3.67. The molecule has 0 unspecified atom stereocenters. The number of rotatable bonds is 4. The number of ether oxygens (including phenoxy) is 1.